The van der Waals surface area contributed by atoms with Gasteiger partial charge in [0.2, 0.25) is 5.82 Å². The zero-order chi connectivity index (χ0) is 14.1. The van der Waals surface area contributed by atoms with Crippen molar-refractivity contribution in [3.63, 3.8) is 0 Å². The molecule has 3 aromatic rings. The molecule has 3 heterocycles. The van der Waals surface area contributed by atoms with Crippen molar-refractivity contribution in [1.82, 2.24) is 24.5 Å². The summed E-state index contributed by atoms with van der Waals surface area (Å²) in [6.07, 6.45) is 3.78. The minimum atomic E-state index is 0.693. The van der Waals surface area contributed by atoms with Gasteiger partial charge in [-0.25, -0.2) is 4.98 Å². The van der Waals surface area contributed by atoms with E-state index in [4.69, 9.17) is 4.42 Å². The third kappa shape index (κ3) is 2.24. The summed E-state index contributed by atoms with van der Waals surface area (Å²) in [5, 5.41) is 8.59. The smallest absolute Gasteiger partial charge is 0.200 e. The highest BCUT2D eigenvalue weighted by molar-refractivity contribution is 7.97. The Labute approximate surface area is 120 Å². The third-order valence-corrected chi connectivity index (χ3v) is 3.47. The van der Waals surface area contributed by atoms with Gasteiger partial charge in [-0.3, -0.25) is 4.68 Å². The van der Waals surface area contributed by atoms with Crippen LogP contribution in [0, 0.1) is 6.92 Å². The number of hydrogen-bond acceptors (Lipinski definition) is 5. The molecule has 0 aliphatic carbocycles. The first-order chi connectivity index (χ1) is 9.69. The Hall–Kier alpha value is -2.02. The molecule has 0 fully saturated rings. The maximum atomic E-state index is 5.83. The van der Waals surface area contributed by atoms with Crippen LogP contribution in [0.1, 0.15) is 11.6 Å². The molecule has 3 rings (SSSR count). The summed E-state index contributed by atoms with van der Waals surface area (Å²) in [4.78, 5) is 4.46. The first-order valence-corrected chi connectivity index (χ1v) is 7.58. The summed E-state index contributed by atoms with van der Waals surface area (Å²) in [6.45, 7) is 1.86. The van der Waals surface area contributed by atoms with Crippen molar-refractivity contribution in [2.45, 2.75) is 12.7 Å². The molecule has 0 atom stereocenters. The maximum Gasteiger partial charge on any atom is 0.200 e. The molecular formula is C13H15N5OS. The van der Waals surface area contributed by atoms with Gasteiger partial charge >= 0.3 is 0 Å². The van der Waals surface area contributed by atoms with E-state index < -0.39 is 0 Å². The van der Waals surface area contributed by atoms with Crippen LogP contribution >= 0.6 is 11.8 Å². The predicted molar refractivity (Wildman–Crippen MR) is 77.8 cm³/mol. The van der Waals surface area contributed by atoms with E-state index in [1.807, 2.05) is 38.4 Å². The molecule has 6 nitrogen and oxygen atoms in total. The summed E-state index contributed by atoms with van der Waals surface area (Å²) < 4.78 is 9.34. The summed E-state index contributed by atoms with van der Waals surface area (Å²) in [6, 6.07) is 5.80. The molecule has 0 saturated heterocycles. The Kier molecular flexibility index (Phi) is 3.35. The van der Waals surface area contributed by atoms with Crippen LogP contribution in [0.2, 0.25) is 0 Å². The van der Waals surface area contributed by atoms with Gasteiger partial charge in [0.05, 0.1) is 11.9 Å². The Bertz CT molecular complexity index is 727. The van der Waals surface area contributed by atoms with Gasteiger partial charge < -0.3 is 4.42 Å². The molecule has 0 aliphatic heterocycles. The highest BCUT2D eigenvalue weighted by Gasteiger charge is 2.17. The van der Waals surface area contributed by atoms with Gasteiger partial charge in [0.25, 0.3) is 0 Å². The molecule has 0 amide bonds. The number of hydrogen-bond donors (Lipinski definition) is 0. The third-order valence-electron chi connectivity index (χ3n) is 2.89. The van der Waals surface area contributed by atoms with Gasteiger partial charge in [0.1, 0.15) is 11.6 Å². The van der Waals surface area contributed by atoms with Gasteiger partial charge in [-0.1, -0.05) is 0 Å². The van der Waals surface area contributed by atoms with Crippen LogP contribution in [0.3, 0.4) is 0 Å². The van der Waals surface area contributed by atoms with Crippen molar-refractivity contribution in [3.8, 4) is 17.4 Å². The van der Waals surface area contributed by atoms with E-state index in [9.17, 15) is 0 Å². The average molecular weight is 289 g/mol. The summed E-state index contributed by atoms with van der Waals surface area (Å²) in [5.74, 6) is 4.74. The van der Waals surface area contributed by atoms with Gasteiger partial charge in [0, 0.05) is 13.1 Å². The topological polar surface area (TPSA) is 61.7 Å². The van der Waals surface area contributed by atoms with Crippen LogP contribution in [-0.2, 0) is 12.8 Å². The Morgan fingerprint density at radius 1 is 1.30 bits per heavy atom. The Morgan fingerprint density at radius 2 is 2.15 bits per heavy atom. The van der Waals surface area contributed by atoms with E-state index in [1.165, 1.54) is 0 Å². The molecule has 104 valence electrons. The largest absolute Gasteiger partial charge is 0.457 e. The van der Waals surface area contributed by atoms with Crippen molar-refractivity contribution >= 4 is 11.8 Å². The quantitative estimate of drug-likeness (QED) is 0.738. The first kappa shape index (κ1) is 13.0. The minimum absolute atomic E-state index is 0.693. The SMILES string of the molecule is CSCc1ccc(-c2nc(C)nn2-c2ccnn2C)o1. The zero-order valence-corrected chi connectivity index (χ0v) is 12.4. The van der Waals surface area contributed by atoms with Crippen LogP contribution in [0.4, 0.5) is 0 Å². The molecule has 0 aliphatic rings. The molecule has 0 bridgehead atoms. The molecule has 0 spiro atoms. The normalized spacial score (nSPS) is 11.2. The summed E-state index contributed by atoms with van der Waals surface area (Å²) in [7, 11) is 1.87. The van der Waals surface area contributed by atoms with E-state index in [0.717, 1.165) is 23.1 Å². The number of aryl methyl sites for hydroxylation is 2. The average Bonchev–Trinajstić information content (AvgIpc) is 3.09. The Balaban J connectivity index is 2.07. The van der Waals surface area contributed by atoms with Crippen LogP contribution in [0.5, 0.6) is 0 Å². The van der Waals surface area contributed by atoms with Gasteiger partial charge in [0.15, 0.2) is 11.6 Å². The van der Waals surface area contributed by atoms with Crippen molar-refractivity contribution in [2.75, 3.05) is 6.26 Å². The molecule has 0 saturated carbocycles. The Morgan fingerprint density at radius 3 is 2.85 bits per heavy atom. The number of furan rings is 1. The van der Waals surface area contributed by atoms with Crippen molar-refractivity contribution in [1.29, 1.82) is 0 Å². The monoisotopic (exact) mass is 289 g/mol. The maximum absolute atomic E-state index is 5.83. The van der Waals surface area contributed by atoms with Crippen LogP contribution < -0.4 is 0 Å². The fourth-order valence-electron chi connectivity index (χ4n) is 2.03. The van der Waals surface area contributed by atoms with Gasteiger partial charge in [-0.15, -0.1) is 5.10 Å². The van der Waals surface area contributed by atoms with Crippen LogP contribution in [0.15, 0.2) is 28.8 Å². The number of thioether (sulfide) groups is 1. The van der Waals surface area contributed by atoms with Crippen molar-refractivity contribution < 1.29 is 4.42 Å². The van der Waals surface area contributed by atoms with Gasteiger partial charge in [-0.05, 0) is 25.3 Å². The number of aromatic nitrogens is 5. The molecule has 0 unspecified atom stereocenters. The fourth-order valence-corrected chi connectivity index (χ4v) is 2.47. The standard InChI is InChI=1S/C13H15N5OS/c1-9-15-13(11-5-4-10(19-11)8-20-3)18(16-9)12-6-7-14-17(12)2/h4-7H,8H2,1-3H3. The summed E-state index contributed by atoms with van der Waals surface area (Å²) >= 11 is 1.72. The van der Waals surface area contributed by atoms with Gasteiger partial charge in [-0.2, -0.15) is 21.5 Å². The second-order valence-electron chi connectivity index (χ2n) is 4.41. The second-order valence-corrected chi connectivity index (χ2v) is 5.27. The lowest BCUT2D eigenvalue weighted by Crippen LogP contribution is -2.06. The first-order valence-electron chi connectivity index (χ1n) is 6.19. The van der Waals surface area contributed by atoms with E-state index >= 15 is 0 Å². The lowest BCUT2D eigenvalue weighted by molar-refractivity contribution is 0.537. The molecular weight excluding hydrogens is 274 g/mol. The molecule has 3 aromatic heterocycles. The highest BCUT2D eigenvalue weighted by atomic mass is 32.2. The van der Waals surface area contributed by atoms with E-state index in [0.29, 0.717) is 11.6 Å². The summed E-state index contributed by atoms with van der Waals surface area (Å²) in [5.41, 5.74) is 0. The second kappa shape index (κ2) is 5.16. The molecule has 0 radical (unpaired) electrons. The van der Waals surface area contributed by atoms with Crippen LogP contribution in [-0.4, -0.2) is 30.8 Å². The number of nitrogens with zero attached hydrogens (tertiary/aromatic N) is 5. The highest BCUT2D eigenvalue weighted by Crippen LogP contribution is 2.24. The predicted octanol–water partition coefficient (Wildman–Crippen LogP) is 2.43. The van der Waals surface area contributed by atoms with E-state index in [2.05, 4.69) is 15.2 Å². The fraction of sp³-hybridized carbons (Fsp3) is 0.308. The molecule has 0 N–H and O–H groups in total. The lowest BCUT2D eigenvalue weighted by atomic mass is 10.4. The van der Waals surface area contributed by atoms with Crippen molar-refractivity contribution in [2.24, 2.45) is 7.05 Å². The number of rotatable bonds is 4. The lowest BCUT2D eigenvalue weighted by Gasteiger charge is -2.03. The molecule has 0 aromatic carbocycles. The molecule has 7 heteroatoms. The molecule has 20 heavy (non-hydrogen) atoms. The van der Waals surface area contributed by atoms with E-state index in [1.54, 1.807) is 27.3 Å². The minimum Gasteiger partial charge on any atom is -0.457 e. The van der Waals surface area contributed by atoms with Crippen LogP contribution in [0.25, 0.3) is 17.4 Å². The zero-order valence-electron chi connectivity index (χ0n) is 11.6. The van der Waals surface area contributed by atoms with E-state index in [-0.39, 0.29) is 0 Å². The van der Waals surface area contributed by atoms with Crippen molar-refractivity contribution in [3.05, 3.63) is 36.0 Å².